The van der Waals surface area contributed by atoms with Crippen LogP contribution < -0.4 is 23.7 Å². The zero-order valence-electron chi connectivity index (χ0n) is 15.8. The number of ketones is 1. The molecule has 2 aromatic carbocycles. The molecule has 2 aliphatic rings. The topological polar surface area (TPSA) is 83.5 Å². The lowest BCUT2D eigenvalue weighted by Gasteiger charge is -2.23. The average molecular weight is 384 g/mol. The van der Waals surface area contributed by atoms with Crippen LogP contribution in [0.2, 0.25) is 0 Å². The number of phenolic OH excluding ortho intramolecular Hbond substituents is 1. The minimum Gasteiger partial charge on any atom is -0.504 e. The van der Waals surface area contributed by atoms with Gasteiger partial charge in [0, 0.05) is 11.1 Å². The molecule has 0 amide bonds. The molecule has 1 heterocycles. The van der Waals surface area contributed by atoms with E-state index in [1.165, 1.54) is 20.3 Å². The lowest BCUT2D eigenvalue weighted by atomic mass is 9.84. The highest BCUT2D eigenvalue weighted by Gasteiger charge is 2.37. The van der Waals surface area contributed by atoms with Crippen molar-refractivity contribution in [3.05, 3.63) is 40.5 Å². The molecule has 0 spiro atoms. The summed E-state index contributed by atoms with van der Waals surface area (Å²) in [7, 11) is 4.52. The number of ether oxygens (including phenoxy) is 5. The molecule has 28 heavy (non-hydrogen) atoms. The van der Waals surface area contributed by atoms with Crippen molar-refractivity contribution in [3.63, 3.8) is 0 Å². The van der Waals surface area contributed by atoms with Gasteiger partial charge in [-0.1, -0.05) is 6.07 Å². The van der Waals surface area contributed by atoms with E-state index in [2.05, 4.69) is 0 Å². The number of hydrogen-bond donors (Lipinski definition) is 1. The Bertz CT molecular complexity index is 991. The van der Waals surface area contributed by atoms with E-state index in [9.17, 15) is 9.90 Å². The number of allylic oxidation sites excluding steroid dienone is 1. The van der Waals surface area contributed by atoms with Gasteiger partial charge in [-0.25, -0.2) is 0 Å². The van der Waals surface area contributed by atoms with Crippen LogP contribution in [0, 0.1) is 0 Å². The molecule has 0 bridgehead atoms. The number of aromatic hydroxyl groups is 1. The number of rotatable bonds is 4. The maximum absolute atomic E-state index is 13.3. The molecule has 1 aliphatic carbocycles. The first kappa shape index (κ1) is 18.0. The van der Waals surface area contributed by atoms with E-state index in [1.807, 2.05) is 0 Å². The minimum absolute atomic E-state index is 0.0454. The van der Waals surface area contributed by atoms with Crippen LogP contribution in [0.3, 0.4) is 0 Å². The molecule has 7 heteroatoms. The molecular weight excluding hydrogens is 364 g/mol. The molecule has 0 saturated carbocycles. The van der Waals surface area contributed by atoms with Crippen molar-refractivity contribution in [1.29, 1.82) is 0 Å². The molecular formula is C21H20O7. The largest absolute Gasteiger partial charge is 0.504 e. The molecule has 4 rings (SSSR count). The van der Waals surface area contributed by atoms with E-state index in [0.29, 0.717) is 52.7 Å². The summed E-state index contributed by atoms with van der Waals surface area (Å²) in [5, 5.41) is 9.77. The molecule has 0 fully saturated rings. The summed E-state index contributed by atoms with van der Waals surface area (Å²) >= 11 is 0. The van der Waals surface area contributed by atoms with Crippen LogP contribution in [0.4, 0.5) is 0 Å². The molecule has 1 N–H and O–H groups in total. The standard InChI is InChI=1S/C21H20O7/c1-24-15-9-11(4-7-14(15)22)8-12-5-6-13-16(17(12)23)19(26-3)21-20(18(13)25-2)27-10-28-21/h4,7-9,22H,5-6,10H2,1-3H3/b12-8+. The van der Waals surface area contributed by atoms with E-state index in [0.717, 1.165) is 11.1 Å². The lowest BCUT2D eigenvalue weighted by Crippen LogP contribution is -2.17. The van der Waals surface area contributed by atoms with Crippen molar-refractivity contribution in [3.8, 4) is 34.5 Å². The SMILES string of the molecule is COc1cc(/C=C2\CCc3c(OC)c4c(c(OC)c3C2=O)OCO4)ccc1O. The van der Waals surface area contributed by atoms with Gasteiger partial charge in [0.05, 0.1) is 26.9 Å². The summed E-state index contributed by atoms with van der Waals surface area (Å²) in [6.45, 7) is 0.0507. The van der Waals surface area contributed by atoms with Crippen molar-refractivity contribution in [2.45, 2.75) is 12.8 Å². The summed E-state index contributed by atoms with van der Waals surface area (Å²) in [6.07, 6.45) is 2.93. The predicted molar refractivity (Wildman–Crippen MR) is 101 cm³/mol. The third kappa shape index (κ3) is 2.70. The van der Waals surface area contributed by atoms with Crippen LogP contribution in [0.15, 0.2) is 23.8 Å². The van der Waals surface area contributed by atoms with Gasteiger partial charge < -0.3 is 28.8 Å². The monoisotopic (exact) mass is 384 g/mol. The van der Waals surface area contributed by atoms with Crippen LogP contribution in [-0.2, 0) is 6.42 Å². The number of benzene rings is 2. The number of hydrogen-bond acceptors (Lipinski definition) is 7. The van der Waals surface area contributed by atoms with Gasteiger partial charge in [0.25, 0.3) is 0 Å². The Kier molecular flexibility index (Phi) is 4.50. The van der Waals surface area contributed by atoms with Crippen LogP contribution in [-0.4, -0.2) is 39.0 Å². The predicted octanol–water partition coefficient (Wildman–Crippen LogP) is 3.36. The van der Waals surface area contributed by atoms with Gasteiger partial charge >= 0.3 is 0 Å². The summed E-state index contributed by atoms with van der Waals surface area (Å²) < 4.78 is 27.2. The molecule has 0 radical (unpaired) electrons. The first-order chi connectivity index (χ1) is 13.6. The van der Waals surface area contributed by atoms with E-state index in [1.54, 1.807) is 25.3 Å². The van der Waals surface area contributed by atoms with E-state index >= 15 is 0 Å². The van der Waals surface area contributed by atoms with Gasteiger partial charge in [-0.15, -0.1) is 0 Å². The van der Waals surface area contributed by atoms with Crippen LogP contribution >= 0.6 is 0 Å². The third-order valence-electron chi connectivity index (χ3n) is 4.94. The highest BCUT2D eigenvalue weighted by molar-refractivity contribution is 6.16. The van der Waals surface area contributed by atoms with Gasteiger partial charge in [0.1, 0.15) is 0 Å². The van der Waals surface area contributed by atoms with Gasteiger partial charge in [-0.3, -0.25) is 4.79 Å². The third-order valence-corrected chi connectivity index (χ3v) is 4.94. The fourth-order valence-electron chi connectivity index (χ4n) is 3.66. The first-order valence-electron chi connectivity index (χ1n) is 8.77. The smallest absolute Gasteiger partial charge is 0.231 e. The Labute approximate surface area is 162 Å². The number of fused-ring (bicyclic) bond motifs is 2. The normalized spacial score (nSPS) is 16.1. The molecule has 146 valence electrons. The maximum atomic E-state index is 13.3. The molecule has 7 nitrogen and oxygen atoms in total. The molecule has 1 aliphatic heterocycles. The number of Topliss-reactive ketones (excluding diaryl/α,β-unsaturated/α-hetero) is 1. The summed E-state index contributed by atoms with van der Waals surface area (Å²) in [5.41, 5.74) is 2.58. The average Bonchev–Trinajstić information content (AvgIpc) is 3.19. The molecule has 0 saturated heterocycles. The summed E-state index contributed by atoms with van der Waals surface area (Å²) in [5.74, 6) is 1.98. The van der Waals surface area contributed by atoms with Crippen molar-refractivity contribution in [2.24, 2.45) is 0 Å². The molecule has 0 unspecified atom stereocenters. The first-order valence-corrected chi connectivity index (χ1v) is 8.77. The van der Waals surface area contributed by atoms with Crippen molar-refractivity contribution < 1.29 is 33.6 Å². The van der Waals surface area contributed by atoms with Gasteiger partial charge in [-0.2, -0.15) is 0 Å². The van der Waals surface area contributed by atoms with Crippen LogP contribution in [0.25, 0.3) is 6.08 Å². The number of methoxy groups -OCH3 is 3. The van der Waals surface area contributed by atoms with Gasteiger partial charge in [0.2, 0.25) is 18.3 Å². The lowest BCUT2D eigenvalue weighted by molar-refractivity contribution is 0.102. The second kappa shape index (κ2) is 6.99. The molecule has 2 aromatic rings. The Balaban J connectivity index is 1.83. The van der Waals surface area contributed by atoms with Crippen LogP contribution in [0.5, 0.6) is 34.5 Å². The Hall–Kier alpha value is -3.35. The van der Waals surface area contributed by atoms with Gasteiger partial charge in [-0.05, 0) is 36.6 Å². The number of phenols is 1. The van der Waals surface area contributed by atoms with Gasteiger partial charge in [0.15, 0.2) is 28.8 Å². The fraction of sp³-hybridized carbons (Fsp3) is 0.286. The minimum atomic E-state index is -0.151. The second-order valence-electron chi connectivity index (χ2n) is 6.41. The molecule has 0 atom stereocenters. The molecule has 0 aromatic heterocycles. The van der Waals surface area contributed by atoms with Crippen molar-refractivity contribution in [2.75, 3.05) is 28.1 Å². The zero-order valence-corrected chi connectivity index (χ0v) is 15.8. The Morgan fingerprint density at radius 2 is 1.71 bits per heavy atom. The van der Waals surface area contributed by atoms with E-state index in [-0.39, 0.29) is 18.3 Å². The Morgan fingerprint density at radius 3 is 2.39 bits per heavy atom. The van der Waals surface area contributed by atoms with E-state index in [4.69, 9.17) is 23.7 Å². The van der Waals surface area contributed by atoms with E-state index < -0.39 is 0 Å². The summed E-state index contributed by atoms with van der Waals surface area (Å²) in [6, 6.07) is 4.95. The second-order valence-corrected chi connectivity index (χ2v) is 6.41. The van der Waals surface area contributed by atoms with Crippen molar-refractivity contribution >= 4 is 11.9 Å². The van der Waals surface area contributed by atoms with Crippen LogP contribution in [0.1, 0.15) is 27.9 Å². The summed E-state index contributed by atoms with van der Waals surface area (Å²) in [4.78, 5) is 13.3. The quantitative estimate of drug-likeness (QED) is 0.809. The number of carbonyl (C=O) groups excluding carboxylic acids is 1. The Morgan fingerprint density at radius 1 is 1.00 bits per heavy atom. The van der Waals surface area contributed by atoms with Crippen molar-refractivity contribution in [1.82, 2.24) is 0 Å². The zero-order chi connectivity index (χ0) is 19.8. The number of carbonyl (C=O) groups is 1. The highest BCUT2D eigenvalue weighted by Crippen LogP contribution is 2.54. The highest BCUT2D eigenvalue weighted by atomic mass is 16.7. The maximum Gasteiger partial charge on any atom is 0.231 e. The fourth-order valence-corrected chi connectivity index (χ4v) is 3.66.